The zero-order valence-electron chi connectivity index (χ0n) is 9.04. The highest BCUT2D eigenvalue weighted by atomic mass is 16.5. The lowest BCUT2D eigenvalue weighted by Gasteiger charge is -2.17. The Kier molecular flexibility index (Phi) is 5.71. The molecule has 0 heterocycles. The zero-order valence-corrected chi connectivity index (χ0v) is 9.04. The molecular formula is C10H21NO2. The molecule has 0 rings (SSSR count). The van der Waals surface area contributed by atoms with E-state index in [2.05, 4.69) is 13.8 Å². The number of nitrogens with two attached hydrogens (primary N) is 1. The summed E-state index contributed by atoms with van der Waals surface area (Å²) in [5.74, 6) is 0.260. The van der Waals surface area contributed by atoms with Crippen molar-refractivity contribution in [3.8, 4) is 0 Å². The Labute approximate surface area is 80.6 Å². The Balaban J connectivity index is 3.77. The van der Waals surface area contributed by atoms with Crippen molar-refractivity contribution in [2.75, 3.05) is 0 Å². The van der Waals surface area contributed by atoms with Crippen molar-refractivity contribution < 1.29 is 9.53 Å². The second-order valence-corrected chi connectivity index (χ2v) is 3.89. The highest BCUT2D eigenvalue weighted by Gasteiger charge is 2.16. The van der Waals surface area contributed by atoms with Gasteiger partial charge in [0, 0.05) is 0 Å². The van der Waals surface area contributed by atoms with Crippen LogP contribution in [-0.2, 0) is 9.53 Å². The SMILES string of the molecule is CC[C@H](N)C(=O)OC(C)CC(C)C. The van der Waals surface area contributed by atoms with Crippen molar-refractivity contribution in [3.63, 3.8) is 0 Å². The topological polar surface area (TPSA) is 52.3 Å². The van der Waals surface area contributed by atoms with Crippen LogP contribution in [0.15, 0.2) is 0 Å². The van der Waals surface area contributed by atoms with E-state index in [0.717, 1.165) is 6.42 Å². The Hall–Kier alpha value is -0.570. The predicted molar refractivity (Wildman–Crippen MR) is 53.3 cm³/mol. The van der Waals surface area contributed by atoms with Crippen molar-refractivity contribution in [2.24, 2.45) is 11.7 Å². The third-order valence-electron chi connectivity index (χ3n) is 1.86. The Morgan fingerprint density at radius 1 is 1.38 bits per heavy atom. The lowest BCUT2D eigenvalue weighted by molar-refractivity contribution is -0.150. The van der Waals surface area contributed by atoms with Gasteiger partial charge in [-0.05, 0) is 25.7 Å². The van der Waals surface area contributed by atoms with E-state index in [0.29, 0.717) is 12.3 Å². The number of rotatable bonds is 5. The minimum atomic E-state index is -0.463. The van der Waals surface area contributed by atoms with Crippen LogP contribution in [0.5, 0.6) is 0 Å². The molecular weight excluding hydrogens is 166 g/mol. The molecule has 0 aromatic carbocycles. The molecule has 0 aliphatic rings. The highest BCUT2D eigenvalue weighted by Crippen LogP contribution is 2.08. The largest absolute Gasteiger partial charge is 0.462 e. The van der Waals surface area contributed by atoms with E-state index < -0.39 is 6.04 Å². The third kappa shape index (κ3) is 5.64. The third-order valence-corrected chi connectivity index (χ3v) is 1.86. The van der Waals surface area contributed by atoms with Gasteiger partial charge in [0.2, 0.25) is 0 Å². The van der Waals surface area contributed by atoms with Crippen LogP contribution in [0.25, 0.3) is 0 Å². The smallest absolute Gasteiger partial charge is 0.323 e. The molecule has 0 saturated carbocycles. The molecule has 3 heteroatoms. The van der Waals surface area contributed by atoms with Gasteiger partial charge in [-0.15, -0.1) is 0 Å². The minimum Gasteiger partial charge on any atom is -0.462 e. The molecule has 3 nitrogen and oxygen atoms in total. The predicted octanol–water partition coefficient (Wildman–Crippen LogP) is 1.70. The summed E-state index contributed by atoms with van der Waals surface area (Å²) < 4.78 is 5.15. The first kappa shape index (κ1) is 12.4. The molecule has 13 heavy (non-hydrogen) atoms. The van der Waals surface area contributed by atoms with Gasteiger partial charge in [0.25, 0.3) is 0 Å². The first-order valence-corrected chi connectivity index (χ1v) is 4.93. The number of esters is 1. The van der Waals surface area contributed by atoms with Gasteiger partial charge >= 0.3 is 5.97 Å². The molecule has 78 valence electrons. The monoisotopic (exact) mass is 187 g/mol. The van der Waals surface area contributed by atoms with Crippen LogP contribution in [0.2, 0.25) is 0 Å². The van der Waals surface area contributed by atoms with Gasteiger partial charge in [-0.2, -0.15) is 0 Å². The van der Waals surface area contributed by atoms with Crippen molar-refractivity contribution in [1.82, 2.24) is 0 Å². The lowest BCUT2D eigenvalue weighted by atomic mass is 10.1. The lowest BCUT2D eigenvalue weighted by Crippen LogP contribution is -2.33. The number of ether oxygens (including phenoxy) is 1. The molecule has 0 saturated heterocycles. The van der Waals surface area contributed by atoms with Crippen molar-refractivity contribution >= 4 is 5.97 Å². The highest BCUT2D eigenvalue weighted by molar-refractivity contribution is 5.75. The van der Waals surface area contributed by atoms with E-state index in [9.17, 15) is 4.79 Å². The minimum absolute atomic E-state index is 0.0231. The summed E-state index contributed by atoms with van der Waals surface area (Å²) in [7, 11) is 0. The van der Waals surface area contributed by atoms with Gasteiger partial charge in [-0.1, -0.05) is 20.8 Å². The molecule has 0 aliphatic carbocycles. The number of carbonyl (C=O) groups is 1. The quantitative estimate of drug-likeness (QED) is 0.666. The maximum atomic E-state index is 11.2. The summed E-state index contributed by atoms with van der Waals surface area (Å²) in [6, 6.07) is -0.463. The van der Waals surface area contributed by atoms with Crippen molar-refractivity contribution in [1.29, 1.82) is 0 Å². The molecule has 2 atom stereocenters. The summed E-state index contributed by atoms with van der Waals surface area (Å²) in [6.45, 7) is 7.98. The van der Waals surface area contributed by atoms with Gasteiger partial charge in [0.15, 0.2) is 0 Å². The van der Waals surface area contributed by atoms with E-state index in [1.165, 1.54) is 0 Å². The van der Waals surface area contributed by atoms with Crippen LogP contribution in [0.1, 0.15) is 40.5 Å². The zero-order chi connectivity index (χ0) is 10.4. The maximum absolute atomic E-state index is 11.2. The number of hydrogen-bond donors (Lipinski definition) is 1. The fourth-order valence-corrected chi connectivity index (χ4v) is 1.16. The molecule has 0 spiro atoms. The van der Waals surface area contributed by atoms with Crippen LogP contribution in [-0.4, -0.2) is 18.1 Å². The molecule has 0 aromatic rings. The van der Waals surface area contributed by atoms with Crippen molar-refractivity contribution in [3.05, 3.63) is 0 Å². The van der Waals surface area contributed by atoms with Gasteiger partial charge in [0.05, 0.1) is 6.10 Å². The fourth-order valence-electron chi connectivity index (χ4n) is 1.16. The second kappa shape index (κ2) is 5.97. The summed E-state index contributed by atoms with van der Waals surface area (Å²) in [4.78, 5) is 11.2. The Morgan fingerprint density at radius 2 is 1.92 bits per heavy atom. The summed E-state index contributed by atoms with van der Waals surface area (Å²) in [6.07, 6.45) is 1.50. The Morgan fingerprint density at radius 3 is 2.31 bits per heavy atom. The van der Waals surface area contributed by atoms with E-state index in [1.54, 1.807) is 0 Å². The first-order chi connectivity index (χ1) is 5.97. The molecule has 2 N–H and O–H groups in total. The summed E-state index contributed by atoms with van der Waals surface area (Å²) in [5, 5.41) is 0. The summed E-state index contributed by atoms with van der Waals surface area (Å²) in [5.41, 5.74) is 5.52. The average Bonchev–Trinajstić information content (AvgIpc) is 2.01. The second-order valence-electron chi connectivity index (χ2n) is 3.89. The van der Waals surface area contributed by atoms with Crippen LogP contribution < -0.4 is 5.73 Å². The molecule has 1 unspecified atom stereocenters. The summed E-state index contributed by atoms with van der Waals surface area (Å²) >= 11 is 0. The molecule has 0 bridgehead atoms. The maximum Gasteiger partial charge on any atom is 0.323 e. The first-order valence-electron chi connectivity index (χ1n) is 4.93. The van der Waals surface area contributed by atoms with Gasteiger partial charge < -0.3 is 10.5 Å². The van der Waals surface area contributed by atoms with Gasteiger partial charge in [-0.3, -0.25) is 4.79 Å². The van der Waals surface area contributed by atoms with Gasteiger partial charge in [0.1, 0.15) is 6.04 Å². The van der Waals surface area contributed by atoms with E-state index in [4.69, 9.17) is 10.5 Å². The van der Waals surface area contributed by atoms with Crippen LogP contribution in [0.4, 0.5) is 0 Å². The van der Waals surface area contributed by atoms with E-state index >= 15 is 0 Å². The molecule has 0 radical (unpaired) electrons. The fraction of sp³-hybridized carbons (Fsp3) is 0.900. The molecule has 0 aromatic heterocycles. The number of hydrogen-bond acceptors (Lipinski definition) is 3. The average molecular weight is 187 g/mol. The number of carbonyl (C=O) groups excluding carboxylic acids is 1. The molecule has 0 amide bonds. The van der Waals surface area contributed by atoms with Crippen molar-refractivity contribution in [2.45, 2.75) is 52.7 Å². The van der Waals surface area contributed by atoms with Crippen LogP contribution >= 0.6 is 0 Å². The van der Waals surface area contributed by atoms with E-state index in [-0.39, 0.29) is 12.1 Å². The van der Waals surface area contributed by atoms with E-state index in [1.807, 2.05) is 13.8 Å². The Bertz CT molecular complexity index is 157. The standard InChI is InChI=1S/C10H21NO2/c1-5-9(11)10(12)13-8(4)6-7(2)3/h7-9H,5-6,11H2,1-4H3/t8?,9-/m0/s1. The van der Waals surface area contributed by atoms with Crippen LogP contribution in [0.3, 0.4) is 0 Å². The molecule has 0 aliphatic heterocycles. The van der Waals surface area contributed by atoms with Crippen LogP contribution in [0, 0.1) is 5.92 Å². The van der Waals surface area contributed by atoms with Gasteiger partial charge in [-0.25, -0.2) is 0 Å². The normalized spacial score (nSPS) is 15.5. The molecule has 0 fully saturated rings.